The molecule has 0 bridgehead atoms. The summed E-state index contributed by atoms with van der Waals surface area (Å²) in [5, 5.41) is 11.0. The van der Waals surface area contributed by atoms with Crippen LogP contribution in [0.15, 0.2) is 36.4 Å². The summed E-state index contributed by atoms with van der Waals surface area (Å²) in [5.41, 5.74) is 3.56. The predicted molar refractivity (Wildman–Crippen MR) is 109 cm³/mol. The molecule has 152 valence electrons. The highest BCUT2D eigenvalue weighted by Crippen LogP contribution is 2.33. The lowest BCUT2D eigenvalue weighted by atomic mass is 10.0. The van der Waals surface area contributed by atoms with Crippen LogP contribution in [0.2, 0.25) is 0 Å². The van der Waals surface area contributed by atoms with Crippen molar-refractivity contribution >= 4 is 22.8 Å². The van der Waals surface area contributed by atoms with Crippen LogP contribution in [0.25, 0.3) is 10.9 Å². The van der Waals surface area contributed by atoms with Crippen molar-refractivity contribution in [2.75, 3.05) is 21.2 Å². The van der Waals surface area contributed by atoms with E-state index in [9.17, 15) is 14.7 Å². The summed E-state index contributed by atoms with van der Waals surface area (Å²) in [5.74, 6) is -0.817. The second-order valence-corrected chi connectivity index (χ2v) is 7.12. The van der Waals surface area contributed by atoms with Crippen molar-refractivity contribution in [1.82, 2.24) is 9.88 Å². The molecule has 1 heterocycles. The van der Waals surface area contributed by atoms with Crippen molar-refractivity contribution in [1.29, 1.82) is 0 Å². The lowest BCUT2D eigenvalue weighted by molar-refractivity contribution is 0.0474. The molecule has 7 nitrogen and oxygen atoms in total. The maximum atomic E-state index is 12.9. The maximum absolute atomic E-state index is 12.9. The summed E-state index contributed by atoms with van der Waals surface area (Å²) in [6.07, 6.45) is 0. The van der Waals surface area contributed by atoms with Gasteiger partial charge in [-0.3, -0.25) is 0 Å². The quantitative estimate of drug-likeness (QED) is 0.621. The van der Waals surface area contributed by atoms with Gasteiger partial charge in [-0.2, -0.15) is 0 Å². The average molecular weight is 396 g/mol. The second-order valence-electron chi connectivity index (χ2n) is 7.12. The molecule has 0 atom stereocenters. The normalized spacial score (nSPS) is 11.1. The van der Waals surface area contributed by atoms with Gasteiger partial charge in [-0.25, -0.2) is 9.59 Å². The number of carbonyl (C=O) groups is 2. The van der Waals surface area contributed by atoms with E-state index < -0.39 is 11.9 Å². The fourth-order valence-corrected chi connectivity index (χ4v) is 3.34. The molecular formula is C22H24N2O5. The fourth-order valence-electron chi connectivity index (χ4n) is 3.34. The van der Waals surface area contributed by atoms with Gasteiger partial charge in [0.15, 0.2) is 0 Å². The molecule has 2 aromatic carbocycles. The zero-order valence-corrected chi connectivity index (χ0v) is 16.9. The number of aryl methyl sites for hydroxylation is 1. The molecule has 29 heavy (non-hydrogen) atoms. The van der Waals surface area contributed by atoms with Gasteiger partial charge in [0.25, 0.3) is 0 Å². The van der Waals surface area contributed by atoms with Crippen LogP contribution in [0.5, 0.6) is 5.75 Å². The van der Waals surface area contributed by atoms with E-state index in [0.717, 1.165) is 5.52 Å². The molecule has 3 rings (SSSR count). The Morgan fingerprint density at radius 3 is 2.59 bits per heavy atom. The monoisotopic (exact) mass is 396 g/mol. The number of aromatic nitrogens is 1. The molecule has 1 aromatic heterocycles. The fraction of sp³-hybridized carbons (Fsp3) is 0.273. The molecule has 0 aliphatic carbocycles. The molecule has 0 radical (unpaired) electrons. The number of aromatic amines is 1. The van der Waals surface area contributed by atoms with Crippen LogP contribution in [0, 0.1) is 6.92 Å². The van der Waals surface area contributed by atoms with E-state index in [-0.39, 0.29) is 12.4 Å². The molecule has 0 aliphatic heterocycles. The SMILES string of the molecule is COC(=O)c1cccc(COC(=O)c2c(C)[nH]c3ccc(O)c(CN(C)C)c23)c1. The van der Waals surface area contributed by atoms with Gasteiger partial charge in [0.2, 0.25) is 0 Å². The van der Waals surface area contributed by atoms with Gasteiger partial charge in [0.1, 0.15) is 12.4 Å². The third kappa shape index (κ3) is 4.25. The van der Waals surface area contributed by atoms with Gasteiger partial charge in [0, 0.05) is 28.7 Å². The van der Waals surface area contributed by atoms with Crippen LogP contribution in [-0.2, 0) is 22.6 Å². The van der Waals surface area contributed by atoms with E-state index >= 15 is 0 Å². The molecule has 0 unspecified atom stereocenters. The Balaban J connectivity index is 1.91. The minimum absolute atomic E-state index is 0.0115. The van der Waals surface area contributed by atoms with E-state index in [0.29, 0.717) is 39.9 Å². The Hall–Kier alpha value is -3.32. The van der Waals surface area contributed by atoms with Crippen molar-refractivity contribution in [3.8, 4) is 5.75 Å². The lowest BCUT2D eigenvalue weighted by Crippen LogP contribution is -2.12. The Labute approximate surface area is 168 Å². The number of carbonyl (C=O) groups excluding carboxylic acids is 2. The standard InChI is InChI=1S/C22H24N2O5/c1-13-19(20-16(11-24(2)3)18(25)9-8-17(20)23-13)22(27)29-12-14-6-5-7-15(10-14)21(26)28-4/h5-10,23,25H,11-12H2,1-4H3. The molecule has 0 saturated heterocycles. The van der Waals surface area contributed by atoms with E-state index in [2.05, 4.69) is 4.98 Å². The summed E-state index contributed by atoms with van der Waals surface area (Å²) in [6, 6.07) is 10.1. The summed E-state index contributed by atoms with van der Waals surface area (Å²) in [4.78, 5) is 29.7. The highest BCUT2D eigenvalue weighted by molar-refractivity contribution is 6.07. The highest BCUT2D eigenvalue weighted by Gasteiger charge is 2.22. The number of hydrogen-bond donors (Lipinski definition) is 2. The van der Waals surface area contributed by atoms with Gasteiger partial charge in [-0.15, -0.1) is 0 Å². The predicted octanol–water partition coefficient (Wildman–Crippen LogP) is 3.39. The van der Waals surface area contributed by atoms with Crippen molar-refractivity contribution in [3.63, 3.8) is 0 Å². The zero-order chi connectivity index (χ0) is 21.1. The maximum Gasteiger partial charge on any atom is 0.340 e. The zero-order valence-electron chi connectivity index (χ0n) is 16.9. The minimum atomic E-state index is -0.497. The number of H-pyrrole nitrogens is 1. The van der Waals surface area contributed by atoms with E-state index in [1.807, 2.05) is 19.0 Å². The van der Waals surface area contributed by atoms with Crippen molar-refractivity contribution in [2.24, 2.45) is 0 Å². The summed E-state index contributed by atoms with van der Waals surface area (Å²) < 4.78 is 10.2. The van der Waals surface area contributed by atoms with Crippen LogP contribution >= 0.6 is 0 Å². The van der Waals surface area contributed by atoms with Crippen LogP contribution in [0.1, 0.15) is 37.5 Å². The molecule has 0 spiro atoms. The van der Waals surface area contributed by atoms with Crippen molar-refractivity contribution in [3.05, 3.63) is 64.3 Å². The third-order valence-corrected chi connectivity index (χ3v) is 4.63. The van der Waals surface area contributed by atoms with Crippen LogP contribution < -0.4 is 0 Å². The Bertz CT molecular complexity index is 1070. The van der Waals surface area contributed by atoms with Gasteiger partial charge >= 0.3 is 11.9 Å². The third-order valence-electron chi connectivity index (χ3n) is 4.63. The van der Waals surface area contributed by atoms with E-state index in [4.69, 9.17) is 9.47 Å². The van der Waals surface area contributed by atoms with Crippen LogP contribution in [-0.4, -0.2) is 48.1 Å². The Kier molecular flexibility index (Phi) is 5.89. The van der Waals surface area contributed by atoms with Crippen molar-refractivity contribution in [2.45, 2.75) is 20.1 Å². The first-order valence-electron chi connectivity index (χ1n) is 9.14. The smallest absolute Gasteiger partial charge is 0.340 e. The minimum Gasteiger partial charge on any atom is -0.508 e. The number of rotatable bonds is 6. The first-order valence-corrected chi connectivity index (χ1v) is 9.14. The first kappa shape index (κ1) is 20.4. The number of methoxy groups -OCH3 is 1. The number of phenols is 1. The van der Waals surface area contributed by atoms with Gasteiger partial charge in [0.05, 0.1) is 18.2 Å². The van der Waals surface area contributed by atoms with Gasteiger partial charge in [-0.05, 0) is 50.8 Å². The van der Waals surface area contributed by atoms with Gasteiger partial charge in [-0.1, -0.05) is 12.1 Å². The van der Waals surface area contributed by atoms with Gasteiger partial charge < -0.3 is 24.5 Å². The van der Waals surface area contributed by atoms with Crippen LogP contribution in [0.3, 0.4) is 0 Å². The molecule has 2 N–H and O–H groups in total. The molecule has 0 fully saturated rings. The first-order chi connectivity index (χ1) is 13.8. The molecule has 0 amide bonds. The number of hydrogen-bond acceptors (Lipinski definition) is 6. The van der Waals surface area contributed by atoms with E-state index in [1.165, 1.54) is 7.11 Å². The number of esters is 2. The molecule has 0 aliphatic rings. The Morgan fingerprint density at radius 2 is 1.90 bits per heavy atom. The largest absolute Gasteiger partial charge is 0.508 e. The summed E-state index contributed by atoms with van der Waals surface area (Å²) >= 11 is 0. The molecule has 7 heteroatoms. The lowest BCUT2D eigenvalue weighted by Gasteiger charge is -2.14. The number of phenolic OH excluding ortho intramolecular Hbond substituents is 1. The summed E-state index contributed by atoms with van der Waals surface area (Å²) in [6.45, 7) is 2.28. The number of aromatic hydroxyl groups is 1. The average Bonchev–Trinajstić information content (AvgIpc) is 3.04. The van der Waals surface area contributed by atoms with Crippen molar-refractivity contribution < 1.29 is 24.2 Å². The summed E-state index contributed by atoms with van der Waals surface area (Å²) in [7, 11) is 5.10. The number of fused-ring (bicyclic) bond motifs is 1. The Morgan fingerprint density at radius 1 is 1.14 bits per heavy atom. The number of nitrogens with one attached hydrogen (secondary N) is 1. The number of benzene rings is 2. The molecular weight excluding hydrogens is 372 g/mol. The topological polar surface area (TPSA) is 91.9 Å². The second kappa shape index (κ2) is 8.36. The number of nitrogens with zero attached hydrogens (tertiary/aromatic N) is 1. The number of ether oxygens (including phenoxy) is 2. The van der Waals surface area contributed by atoms with Crippen LogP contribution in [0.4, 0.5) is 0 Å². The molecule has 0 saturated carbocycles. The highest BCUT2D eigenvalue weighted by atomic mass is 16.5. The molecule has 3 aromatic rings. The van der Waals surface area contributed by atoms with E-state index in [1.54, 1.807) is 43.3 Å².